The van der Waals surface area contributed by atoms with Gasteiger partial charge >= 0.3 is 5.97 Å². The number of aromatic nitrogens is 1. The van der Waals surface area contributed by atoms with Gasteiger partial charge in [0, 0.05) is 17.9 Å². The van der Waals surface area contributed by atoms with Gasteiger partial charge in [-0.3, -0.25) is 9.78 Å². The van der Waals surface area contributed by atoms with E-state index in [0.29, 0.717) is 35.7 Å². The number of aromatic carboxylic acids is 1. The van der Waals surface area contributed by atoms with Gasteiger partial charge < -0.3 is 10.4 Å². The smallest absolute Gasteiger partial charge is 0.335 e. The van der Waals surface area contributed by atoms with Gasteiger partial charge in [-0.1, -0.05) is 65.3 Å². The van der Waals surface area contributed by atoms with Gasteiger partial charge in [0.2, 0.25) is 5.91 Å². The second kappa shape index (κ2) is 10.5. The van der Waals surface area contributed by atoms with Crippen molar-refractivity contribution in [2.45, 2.75) is 111 Å². The van der Waals surface area contributed by atoms with Gasteiger partial charge in [0.15, 0.2) is 0 Å². The van der Waals surface area contributed by atoms with Crippen molar-refractivity contribution in [1.29, 1.82) is 0 Å². The summed E-state index contributed by atoms with van der Waals surface area (Å²) in [5.74, 6) is 1.78. The van der Waals surface area contributed by atoms with Crippen LogP contribution < -0.4 is 5.32 Å². The van der Waals surface area contributed by atoms with E-state index < -0.39 is 5.97 Å². The minimum absolute atomic E-state index is 0.0164. The third kappa shape index (κ3) is 4.49. The molecule has 4 fully saturated rings. The van der Waals surface area contributed by atoms with Gasteiger partial charge in [-0.15, -0.1) is 0 Å². The number of carbonyl (C=O) groups is 2. The molecule has 0 saturated heterocycles. The summed E-state index contributed by atoms with van der Waals surface area (Å²) in [7, 11) is 0. The molecule has 5 aliphatic rings. The molecule has 1 heterocycles. The first-order chi connectivity index (χ1) is 21.3. The maximum absolute atomic E-state index is 13.4. The number of carboxylic acids is 1. The Balaban J connectivity index is 1.15. The van der Waals surface area contributed by atoms with Crippen molar-refractivity contribution in [3.05, 3.63) is 71.6 Å². The molecule has 2 aromatic rings. The predicted octanol–water partition coefficient (Wildman–Crippen LogP) is 8.74. The standard InChI is InChI=1S/C40H52N2O3/c1-36(2)29(27-10-12-28(13-11-27)35(44)45)16-19-37(3)32(36)17-20-39(5)33(37)15-14-30-31-9-6-18-40(31,22-21-38(30,39)4)42-34(43)24-26-8-7-23-41-25-26/h7-8,10-13,16,23,25,30-33H,6,9,14-15,17-22,24H2,1-5H3,(H,42,43)(H,44,45)/t30-,31?,32?,33?,37+,38-,39-,40+/m1/s1. The maximum Gasteiger partial charge on any atom is 0.335 e. The van der Waals surface area contributed by atoms with Gasteiger partial charge in [-0.05, 0) is 138 Å². The molecular formula is C40H52N2O3. The lowest BCUT2D eigenvalue weighted by atomic mass is 9.33. The van der Waals surface area contributed by atoms with E-state index in [2.05, 4.69) is 51.0 Å². The first-order valence-corrected chi connectivity index (χ1v) is 17.6. The number of pyridine rings is 1. The molecule has 0 bridgehead atoms. The summed E-state index contributed by atoms with van der Waals surface area (Å²) in [5, 5.41) is 13.1. The number of hydrogen-bond acceptors (Lipinski definition) is 3. The van der Waals surface area contributed by atoms with E-state index in [1.165, 1.54) is 56.1 Å². The second-order valence-electron chi connectivity index (χ2n) is 16.8. The van der Waals surface area contributed by atoms with Crippen molar-refractivity contribution < 1.29 is 14.7 Å². The van der Waals surface area contributed by atoms with E-state index in [4.69, 9.17) is 0 Å². The van der Waals surface area contributed by atoms with E-state index in [0.717, 1.165) is 24.8 Å². The van der Waals surface area contributed by atoms with Crippen LogP contribution in [0, 0.1) is 45.3 Å². The van der Waals surface area contributed by atoms with Crippen LogP contribution in [0.25, 0.3) is 5.57 Å². The number of nitrogens with one attached hydrogen (secondary N) is 1. The fraction of sp³-hybridized carbons (Fsp3) is 0.625. The third-order valence-electron chi connectivity index (χ3n) is 14.9. The summed E-state index contributed by atoms with van der Waals surface area (Å²) >= 11 is 0. The lowest BCUT2D eigenvalue weighted by Crippen LogP contribution is -2.67. The molecule has 2 N–H and O–H groups in total. The molecule has 5 nitrogen and oxygen atoms in total. The van der Waals surface area contributed by atoms with Crippen LogP contribution in [-0.4, -0.2) is 27.5 Å². The zero-order chi connectivity index (χ0) is 31.8. The lowest BCUT2D eigenvalue weighted by molar-refractivity contribution is -0.216. The molecule has 240 valence electrons. The Kier molecular flexibility index (Phi) is 7.19. The molecule has 4 saturated carbocycles. The van der Waals surface area contributed by atoms with Crippen molar-refractivity contribution in [1.82, 2.24) is 10.3 Å². The first kappa shape index (κ1) is 30.7. The Morgan fingerprint density at radius 2 is 1.64 bits per heavy atom. The number of hydrogen-bond donors (Lipinski definition) is 2. The zero-order valence-corrected chi connectivity index (χ0v) is 28.0. The van der Waals surface area contributed by atoms with Crippen LogP contribution in [0.1, 0.15) is 120 Å². The molecule has 0 aliphatic heterocycles. The second-order valence-corrected chi connectivity index (χ2v) is 16.8. The van der Waals surface area contributed by atoms with Crippen molar-refractivity contribution >= 4 is 17.4 Å². The van der Waals surface area contributed by atoms with E-state index >= 15 is 0 Å². The van der Waals surface area contributed by atoms with Crippen LogP contribution in [0.4, 0.5) is 0 Å². The van der Waals surface area contributed by atoms with Crippen molar-refractivity contribution in [3.8, 4) is 0 Å². The van der Waals surface area contributed by atoms with E-state index in [1.807, 2.05) is 30.5 Å². The number of amides is 1. The molecule has 3 unspecified atom stereocenters. The number of allylic oxidation sites excluding steroid dienone is 2. The lowest BCUT2D eigenvalue weighted by Gasteiger charge is -2.72. The summed E-state index contributed by atoms with van der Waals surface area (Å²) in [6.45, 7) is 12.8. The Morgan fingerprint density at radius 3 is 2.36 bits per heavy atom. The van der Waals surface area contributed by atoms with Gasteiger partial charge in [0.1, 0.15) is 0 Å². The summed E-state index contributed by atoms with van der Waals surface area (Å²) in [6, 6.07) is 11.5. The van der Waals surface area contributed by atoms with Crippen molar-refractivity contribution in [2.75, 3.05) is 0 Å². The molecule has 1 aromatic heterocycles. The van der Waals surface area contributed by atoms with Crippen LogP contribution >= 0.6 is 0 Å². The number of rotatable bonds is 5. The van der Waals surface area contributed by atoms with Gasteiger partial charge in [-0.2, -0.15) is 0 Å². The van der Waals surface area contributed by atoms with E-state index in [1.54, 1.807) is 18.3 Å². The van der Waals surface area contributed by atoms with Crippen LogP contribution in [-0.2, 0) is 11.2 Å². The van der Waals surface area contributed by atoms with Crippen LogP contribution in [0.3, 0.4) is 0 Å². The predicted molar refractivity (Wildman–Crippen MR) is 178 cm³/mol. The highest BCUT2D eigenvalue weighted by Crippen LogP contribution is 2.76. The summed E-state index contributed by atoms with van der Waals surface area (Å²) in [4.78, 5) is 29.1. The number of nitrogens with zero attached hydrogens (tertiary/aromatic N) is 1. The molecule has 8 atom stereocenters. The van der Waals surface area contributed by atoms with Gasteiger partial charge in [0.05, 0.1) is 12.0 Å². The van der Waals surface area contributed by atoms with Crippen LogP contribution in [0.2, 0.25) is 0 Å². The molecule has 5 heteroatoms. The van der Waals surface area contributed by atoms with Crippen LogP contribution in [0.15, 0.2) is 54.9 Å². The Morgan fingerprint density at radius 1 is 0.867 bits per heavy atom. The molecule has 5 aliphatic carbocycles. The number of fused-ring (bicyclic) bond motifs is 7. The Labute approximate surface area is 269 Å². The number of benzene rings is 1. The summed E-state index contributed by atoms with van der Waals surface area (Å²) in [6.07, 6.45) is 18.6. The Bertz CT molecular complexity index is 1510. The number of carboxylic acid groups (broad SMARTS) is 1. The summed E-state index contributed by atoms with van der Waals surface area (Å²) in [5.41, 5.74) is 4.66. The highest BCUT2D eigenvalue weighted by atomic mass is 16.4. The molecule has 0 radical (unpaired) electrons. The largest absolute Gasteiger partial charge is 0.478 e. The highest BCUT2D eigenvalue weighted by Gasteiger charge is 2.69. The molecule has 1 aromatic carbocycles. The number of carbonyl (C=O) groups excluding carboxylic acids is 1. The zero-order valence-electron chi connectivity index (χ0n) is 28.0. The van der Waals surface area contributed by atoms with Crippen molar-refractivity contribution in [3.63, 3.8) is 0 Å². The van der Waals surface area contributed by atoms with Crippen LogP contribution in [0.5, 0.6) is 0 Å². The normalized spacial score (nSPS) is 39.8. The molecular weight excluding hydrogens is 556 g/mol. The minimum Gasteiger partial charge on any atom is -0.478 e. The quantitative estimate of drug-likeness (QED) is 0.356. The first-order valence-electron chi connectivity index (χ1n) is 17.6. The fourth-order valence-corrected chi connectivity index (χ4v) is 12.7. The van der Waals surface area contributed by atoms with Gasteiger partial charge in [0.25, 0.3) is 0 Å². The molecule has 0 spiro atoms. The van der Waals surface area contributed by atoms with E-state index in [9.17, 15) is 14.7 Å². The Hall–Kier alpha value is -2.95. The topological polar surface area (TPSA) is 79.3 Å². The highest BCUT2D eigenvalue weighted by molar-refractivity contribution is 5.88. The maximum atomic E-state index is 13.4. The SMILES string of the molecule is CC1(C)C(c2ccc(C(=O)O)cc2)=CC[C@@]2(C)C1CC[C@]1(C)C2CC[C@@H]2C3CCC[C@]3(NC(=O)Cc3cccnc3)CC[C@]21C. The monoisotopic (exact) mass is 608 g/mol. The minimum atomic E-state index is -0.869. The fourth-order valence-electron chi connectivity index (χ4n) is 12.7. The summed E-state index contributed by atoms with van der Waals surface area (Å²) < 4.78 is 0. The van der Waals surface area contributed by atoms with E-state index in [-0.39, 0.29) is 33.1 Å². The molecule has 7 rings (SSSR count). The van der Waals surface area contributed by atoms with Crippen molar-refractivity contribution in [2.24, 2.45) is 45.3 Å². The molecule has 1 amide bonds. The molecule has 45 heavy (non-hydrogen) atoms. The third-order valence-corrected chi connectivity index (χ3v) is 14.9. The average Bonchev–Trinajstić information content (AvgIpc) is 3.41. The van der Waals surface area contributed by atoms with Gasteiger partial charge in [-0.25, -0.2) is 4.79 Å². The average molecular weight is 609 g/mol.